The molecule has 0 bridgehead atoms. The molecule has 0 saturated heterocycles. The molecule has 2 aromatic heterocycles. The summed E-state index contributed by atoms with van der Waals surface area (Å²) in [6.45, 7) is 2.84. The minimum absolute atomic E-state index is 0.240. The number of fused-ring (bicyclic) bond motifs is 1. The van der Waals surface area contributed by atoms with Gasteiger partial charge in [-0.2, -0.15) is 10.4 Å². The lowest BCUT2D eigenvalue weighted by Crippen LogP contribution is -2.38. The Kier molecular flexibility index (Phi) is 4.57. The topological polar surface area (TPSA) is 86.8 Å². The molecule has 26 heavy (non-hydrogen) atoms. The summed E-state index contributed by atoms with van der Waals surface area (Å²) in [6, 6.07) is 7.57. The molecular formula is C19H22N6O. The largest absolute Gasteiger partial charge is 0.364 e. The zero-order chi connectivity index (χ0) is 17.9. The summed E-state index contributed by atoms with van der Waals surface area (Å²) in [6.07, 6.45) is 5.81. The first-order valence-corrected chi connectivity index (χ1v) is 9.17. The Morgan fingerprint density at radius 3 is 2.96 bits per heavy atom. The molecule has 0 atom stereocenters. The fourth-order valence-electron chi connectivity index (χ4n) is 3.49. The summed E-state index contributed by atoms with van der Waals surface area (Å²) in [4.78, 5) is 18.8. The Morgan fingerprint density at radius 2 is 2.19 bits per heavy atom. The predicted molar refractivity (Wildman–Crippen MR) is 95.9 cm³/mol. The molecule has 1 N–H and O–H groups in total. The first kappa shape index (κ1) is 16.6. The third-order valence-corrected chi connectivity index (χ3v) is 5.17. The number of pyridine rings is 1. The number of rotatable bonds is 4. The Hall–Kier alpha value is -2.88. The maximum absolute atomic E-state index is 12.6. The van der Waals surface area contributed by atoms with Crippen molar-refractivity contribution in [1.82, 2.24) is 19.7 Å². The first-order chi connectivity index (χ1) is 12.7. The molecule has 4 rings (SSSR count). The van der Waals surface area contributed by atoms with Crippen LogP contribution in [-0.4, -0.2) is 32.1 Å². The van der Waals surface area contributed by atoms with Gasteiger partial charge in [0.15, 0.2) is 0 Å². The van der Waals surface area contributed by atoms with E-state index in [1.54, 1.807) is 18.3 Å². The molecule has 1 saturated carbocycles. The molecule has 3 heterocycles. The molecule has 0 radical (unpaired) electrons. The lowest BCUT2D eigenvalue weighted by atomic mass is 9.84. The van der Waals surface area contributed by atoms with Crippen LogP contribution < -0.4 is 5.32 Å². The van der Waals surface area contributed by atoms with Crippen LogP contribution >= 0.6 is 0 Å². The third-order valence-electron chi connectivity index (χ3n) is 5.17. The maximum atomic E-state index is 12.6. The summed E-state index contributed by atoms with van der Waals surface area (Å²) in [5.41, 5.74) is 2.58. The number of hydrogen-bond acceptors (Lipinski definition) is 5. The second kappa shape index (κ2) is 7.16. The van der Waals surface area contributed by atoms with Gasteiger partial charge in [0, 0.05) is 25.2 Å². The fraction of sp³-hybridized carbons (Fsp3) is 0.474. The molecule has 1 aliphatic carbocycles. The highest BCUT2D eigenvalue weighted by Crippen LogP contribution is 2.29. The van der Waals surface area contributed by atoms with Crippen molar-refractivity contribution in [2.45, 2.75) is 45.3 Å². The average Bonchev–Trinajstić information content (AvgIpc) is 2.89. The smallest absolute Gasteiger partial charge is 0.226 e. The van der Waals surface area contributed by atoms with Crippen LogP contribution in [0.15, 0.2) is 24.4 Å². The van der Waals surface area contributed by atoms with Crippen LogP contribution in [0.2, 0.25) is 0 Å². The van der Waals surface area contributed by atoms with E-state index >= 15 is 0 Å². The van der Waals surface area contributed by atoms with E-state index in [-0.39, 0.29) is 5.92 Å². The van der Waals surface area contributed by atoms with Gasteiger partial charge in [-0.25, -0.2) is 4.98 Å². The predicted octanol–water partition coefficient (Wildman–Crippen LogP) is 2.29. The highest BCUT2D eigenvalue weighted by molar-refractivity contribution is 5.79. The van der Waals surface area contributed by atoms with Crippen LogP contribution in [0.5, 0.6) is 0 Å². The fourth-order valence-corrected chi connectivity index (χ4v) is 3.49. The van der Waals surface area contributed by atoms with Crippen LogP contribution in [0.1, 0.15) is 42.6 Å². The van der Waals surface area contributed by atoms with Crippen molar-refractivity contribution < 1.29 is 4.79 Å². The van der Waals surface area contributed by atoms with E-state index in [2.05, 4.69) is 27.5 Å². The lowest BCUT2D eigenvalue weighted by Gasteiger charge is -2.30. The molecule has 134 valence electrons. The molecule has 1 aliphatic heterocycles. The first-order valence-electron chi connectivity index (χ1n) is 9.17. The van der Waals surface area contributed by atoms with Crippen LogP contribution in [0.25, 0.3) is 0 Å². The lowest BCUT2D eigenvalue weighted by molar-refractivity contribution is -0.138. The summed E-state index contributed by atoms with van der Waals surface area (Å²) in [5.74, 6) is 1.21. The Morgan fingerprint density at radius 1 is 1.31 bits per heavy atom. The number of aryl methyl sites for hydroxylation is 1. The van der Waals surface area contributed by atoms with Gasteiger partial charge < -0.3 is 10.2 Å². The molecular weight excluding hydrogens is 328 g/mol. The van der Waals surface area contributed by atoms with Gasteiger partial charge in [-0.15, -0.1) is 0 Å². The number of carbonyl (C=O) groups excluding carboxylic acids is 1. The van der Waals surface area contributed by atoms with Crippen molar-refractivity contribution in [3.05, 3.63) is 41.3 Å². The number of aromatic nitrogens is 3. The van der Waals surface area contributed by atoms with E-state index in [4.69, 9.17) is 5.26 Å². The van der Waals surface area contributed by atoms with Gasteiger partial charge in [0.05, 0.1) is 36.1 Å². The highest BCUT2D eigenvalue weighted by Gasteiger charge is 2.30. The summed E-state index contributed by atoms with van der Waals surface area (Å²) < 4.78 is 2.02. The van der Waals surface area contributed by atoms with Crippen molar-refractivity contribution in [3.63, 3.8) is 0 Å². The van der Waals surface area contributed by atoms with Gasteiger partial charge in [0.1, 0.15) is 5.82 Å². The van der Waals surface area contributed by atoms with Gasteiger partial charge in [0.2, 0.25) is 5.91 Å². The van der Waals surface area contributed by atoms with E-state index in [1.165, 1.54) is 6.42 Å². The number of nitriles is 1. The molecule has 2 aromatic rings. The maximum Gasteiger partial charge on any atom is 0.226 e. The van der Waals surface area contributed by atoms with E-state index < -0.39 is 0 Å². The molecule has 0 aromatic carbocycles. The van der Waals surface area contributed by atoms with Crippen LogP contribution in [-0.2, 0) is 24.4 Å². The molecule has 0 spiro atoms. The third kappa shape index (κ3) is 3.40. The van der Waals surface area contributed by atoms with Gasteiger partial charge in [0.25, 0.3) is 0 Å². The molecule has 0 unspecified atom stereocenters. The minimum atomic E-state index is 0.240. The average molecular weight is 350 g/mol. The number of hydrogen-bond donors (Lipinski definition) is 1. The van der Waals surface area contributed by atoms with Gasteiger partial charge in [-0.3, -0.25) is 9.48 Å². The number of nitrogens with zero attached hydrogens (tertiary/aromatic N) is 5. The normalized spacial score (nSPS) is 17.0. The Labute approximate surface area is 152 Å². The van der Waals surface area contributed by atoms with E-state index in [9.17, 15) is 4.79 Å². The Bertz CT molecular complexity index is 848. The molecule has 1 amide bonds. The van der Waals surface area contributed by atoms with Gasteiger partial charge >= 0.3 is 0 Å². The zero-order valence-electron chi connectivity index (χ0n) is 14.7. The van der Waals surface area contributed by atoms with Crippen LogP contribution in [0, 0.1) is 17.2 Å². The van der Waals surface area contributed by atoms with Crippen LogP contribution in [0.3, 0.4) is 0 Å². The standard InChI is InChI=1S/C19H22N6O/c20-11-14-5-6-21-18(9-14)22-12-16-10-17-13-24(7-2-8-25(17)23-16)19(26)15-3-1-4-15/h5-6,9-10,15H,1-4,7-8,12-13H2,(H,21,22). The molecule has 7 heteroatoms. The number of amides is 1. The monoisotopic (exact) mass is 350 g/mol. The van der Waals surface area contributed by atoms with E-state index in [0.29, 0.717) is 30.4 Å². The van der Waals surface area contributed by atoms with Crippen molar-refractivity contribution in [1.29, 1.82) is 5.26 Å². The molecule has 1 fully saturated rings. The van der Waals surface area contributed by atoms with E-state index in [0.717, 1.165) is 43.7 Å². The number of nitrogens with one attached hydrogen (secondary N) is 1. The minimum Gasteiger partial charge on any atom is -0.364 e. The van der Waals surface area contributed by atoms with E-state index in [1.807, 2.05) is 9.58 Å². The Balaban J connectivity index is 1.42. The summed E-state index contributed by atoms with van der Waals surface area (Å²) in [5, 5.41) is 16.8. The summed E-state index contributed by atoms with van der Waals surface area (Å²) >= 11 is 0. The van der Waals surface area contributed by atoms with Crippen molar-refractivity contribution in [2.75, 3.05) is 11.9 Å². The summed E-state index contributed by atoms with van der Waals surface area (Å²) in [7, 11) is 0. The van der Waals surface area contributed by atoms with Gasteiger partial charge in [-0.05, 0) is 37.5 Å². The van der Waals surface area contributed by atoms with Crippen molar-refractivity contribution in [2.24, 2.45) is 5.92 Å². The van der Waals surface area contributed by atoms with Gasteiger partial charge in [-0.1, -0.05) is 6.42 Å². The molecule has 2 aliphatic rings. The quantitative estimate of drug-likeness (QED) is 0.914. The SMILES string of the molecule is N#Cc1ccnc(NCc2cc3n(n2)CCCN(C(=O)C2CCC2)C3)c1. The second-order valence-corrected chi connectivity index (χ2v) is 6.99. The van der Waals surface area contributed by atoms with Crippen molar-refractivity contribution in [3.8, 4) is 6.07 Å². The second-order valence-electron chi connectivity index (χ2n) is 6.99. The zero-order valence-corrected chi connectivity index (χ0v) is 14.7. The molecule has 7 nitrogen and oxygen atoms in total. The van der Waals surface area contributed by atoms with Crippen LogP contribution in [0.4, 0.5) is 5.82 Å². The van der Waals surface area contributed by atoms with Crippen molar-refractivity contribution >= 4 is 11.7 Å². The highest BCUT2D eigenvalue weighted by atomic mass is 16.2. The number of carbonyl (C=O) groups is 1. The number of anilines is 1.